The van der Waals surface area contributed by atoms with E-state index in [4.69, 9.17) is 4.74 Å². The van der Waals surface area contributed by atoms with Gasteiger partial charge < -0.3 is 10.1 Å². The average Bonchev–Trinajstić information content (AvgIpc) is 2.80. The van der Waals surface area contributed by atoms with Gasteiger partial charge in [-0.15, -0.1) is 0 Å². The molecule has 1 N–H and O–H groups in total. The fraction of sp³-hybridized carbons (Fsp3) is 0.125. The van der Waals surface area contributed by atoms with Gasteiger partial charge in [-0.3, -0.25) is 14.2 Å². The van der Waals surface area contributed by atoms with Gasteiger partial charge in [-0.25, -0.2) is 4.98 Å². The lowest BCUT2D eigenvalue weighted by atomic mass is 10.00. The van der Waals surface area contributed by atoms with Gasteiger partial charge in [0, 0.05) is 17.5 Å². The van der Waals surface area contributed by atoms with Crippen molar-refractivity contribution in [3.05, 3.63) is 101 Å². The number of fused-ring (bicyclic) bond motifs is 2. The van der Waals surface area contributed by atoms with E-state index in [1.54, 1.807) is 30.3 Å². The van der Waals surface area contributed by atoms with E-state index >= 15 is 0 Å². The summed E-state index contributed by atoms with van der Waals surface area (Å²) in [4.78, 5) is 29.9. The maximum Gasteiger partial charge on any atom is 0.265 e. The average molecular weight is 397 g/mol. The molecule has 5 rings (SSSR count). The topological polar surface area (TPSA) is 73.2 Å². The predicted molar refractivity (Wildman–Crippen MR) is 114 cm³/mol. The molecule has 3 aromatic carbocycles. The molecule has 6 heteroatoms. The van der Waals surface area contributed by atoms with E-state index in [2.05, 4.69) is 10.3 Å². The normalized spacial score (nSPS) is 15.3. The highest BCUT2D eigenvalue weighted by molar-refractivity contribution is 5.94. The number of nitrogens with one attached hydrogen (secondary N) is 1. The summed E-state index contributed by atoms with van der Waals surface area (Å²) >= 11 is 0. The second-order valence-corrected chi connectivity index (χ2v) is 7.18. The van der Waals surface area contributed by atoms with E-state index in [0.29, 0.717) is 28.8 Å². The van der Waals surface area contributed by atoms with Crippen LogP contribution in [-0.2, 0) is 0 Å². The number of hydrogen-bond donors (Lipinski definition) is 1. The summed E-state index contributed by atoms with van der Waals surface area (Å²) in [5, 5.41) is 3.64. The van der Waals surface area contributed by atoms with Gasteiger partial charge in [0.1, 0.15) is 12.1 Å². The van der Waals surface area contributed by atoms with Crippen molar-refractivity contribution >= 4 is 16.8 Å². The van der Waals surface area contributed by atoms with Crippen LogP contribution in [0.2, 0.25) is 0 Å². The molecule has 0 aliphatic carbocycles. The smallest absolute Gasteiger partial charge is 0.265 e. The van der Waals surface area contributed by atoms with E-state index < -0.39 is 0 Å². The van der Waals surface area contributed by atoms with Crippen molar-refractivity contribution in [2.75, 3.05) is 6.61 Å². The Bertz CT molecular complexity index is 1300. The Hall–Kier alpha value is -3.93. The lowest BCUT2D eigenvalue weighted by Crippen LogP contribution is -2.32. The van der Waals surface area contributed by atoms with Crippen LogP contribution in [0.3, 0.4) is 0 Å². The molecule has 148 valence electrons. The van der Waals surface area contributed by atoms with Crippen molar-refractivity contribution in [3.63, 3.8) is 0 Å². The molecule has 1 aromatic heterocycles. The van der Waals surface area contributed by atoms with Crippen LogP contribution in [0.5, 0.6) is 5.75 Å². The Morgan fingerprint density at radius 2 is 1.77 bits per heavy atom. The Morgan fingerprint density at radius 1 is 1.00 bits per heavy atom. The molecule has 0 saturated carbocycles. The van der Waals surface area contributed by atoms with Gasteiger partial charge in [0.15, 0.2) is 0 Å². The Balaban J connectivity index is 1.39. The first-order chi connectivity index (χ1) is 14.7. The monoisotopic (exact) mass is 397 g/mol. The first-order valence-corrected chi connectivity index (χ1v) is 9.80. The number of ether oxygens (including phenoxy) is 1. The Morgan fingerprint density at radius 3 is 2.63 bits per heavy atom. The molecular weight excluding hydrogens is 378 g/mol. The maximum absolute atomic E-state index is 12.8. The number of aromatic nitrogens is 2. The zero-order valence-corrected chi connectivity index (χ0v) is 16.1. The summed E-state index contributed by atoms with van der Waals surface area (Å²) in [5.74, 6) is 0.653. The quantitative estimate of drug-likeness (QED) is 0.573. The van der Waals surface area contributed by atoms with Crippen LogP contribution >= 0.6 is 0 Å². The van der Waals surface area contributed by atoms with Crippen molar-refractivity contribution in [2.24, 2.45) is 0 Å². The number of amides is 1. The lowest BCUT2D eigenvalue weighted by Gasteiger charge is -2.26. The summed E-state index contributed by atoms with van der Waals surface area (Å²) in [6.07, 6.45) is 2.23. The van der Waals surface area contributed by atoms with E-state index in [1.165, 1.54) is 10.9 Å². The Labute approximate surface area is 172 Å². The fourth-order valence-electron chi connectivity index (χ4n) is 3.76. The van der Waals surface area contributed by atoms with Gasteiger partial charge in [-0.2, -0.15) is 0 Å². The predicted octanol–water partition coefficient (Wildman–Crippen LogP) is 3.64. The number of carbonyl (C=O) groups is 1. The van der Waals surface area contributed by atoms with E-state index in [-0.39, 0.29) is 17.5 Å². The third-order valence-corrected chi connectivity index (χ3v) is 5.34. The SMILES string of the molecule is O=C(N[C@@H]1CCOc2ccccc21)c1ccc(-n2cnc3ccccc3c2=O)cc1. The minimum atomic E-state index is -0.160. The van der Waals surface area contributed by atoms with Crippen LogP contribution in [0.4, 0.5) is 0 Å². The summed E-state index contributed by atoms with van der Waals surface area (Å²) in [5.41, 5.74) is 2.70. The van der Waals surface area contributed by atoms with Gasteiger partial charge in [-0.1, -0.05) is 30.3 Å². The summed E-state index contributed by atoms with van der Waals surface area (Å²) < 4.78 is 7.14. The highest BCUT2D eigenvalue weighted by Crippen LogP contribution is 2.31. The molecule has 4 aromatic rings. The molecule has 2 heterocycles. The summed E-state index contributed by atoms with van der Waals surface area (Å²) in [6, 6.07) is 21.8. The van der Waals surface area contributed by atoms with Crippen LogP contribution in [-0.4, -0.2) is 22.1 Å². The minimum Gasteiger partial charge on any atom is -0.493 e. The summed E-state index contributed by atoms with van der Waals surface area (Å²) in [6.45, 7) is 0.568. The fourth-order valence-corrected chi connectivity index (χ4v) is 3.76. The van der Waals surface area contributed by atoms with Crippen LogP contribution in [0, 0.1) is 0 Å². The third kappa shape index (κ3) is 3.22. The van der Waals surface area contributed by atoms with Crippen molar-refractivity contribution in [3.8, 4) is 11.4 Å². The molecule has 0 spiro atoms. The first kappa shape index (κ1) is 18.1. The molecule has 6 nitrogen and oxygen atoms in total. The molecule has 0 radical (unpaired) electrons. The van der Waals surface area contributed by atoms with Crippen LogP contribution in [0.1, 0.15) is 28.4 Å². The molecule has 0 unspecified atom stereocenters. The minimum absolute atomic E-state index is 0.0885. The van der Waals surface area contributed by atoms with Crippen LogP contribution in [0.15, 0.2) is 83.9 Å². The third-order valence-electron chi connectivity index (χ3n) is 5.34. The number of nitrogens with zero attached hydrogens (tertiary/aromatic N) is 2. The molecule has 0 fully saturated rings. The van der Waals surface area contributed by atoms with Crippen molar-refractivity contribution in [2.45, 2.75) is 12.5 Å². The second-order valence-electron chi connectivity index (χ2n) is 7.18. The van der Waals surface area contributed by atoms with E-state index in [1.807, 2.05) is 42.5 Å². The number of para-hydroxylation sites is 2. The number of carbonyl (C=O) groups excluding carboxylic acids is 1. The number of benzene rings is 3. The van der Waals surface area contributed by atoms with Crippen molar-refractivity contribution in [1.82, 2.24) is 14.9 Å². The van der Waals surface area contributed by atoms with Gasteiger partial charge in [-0.05, 0) is 42.5 Å². The molecule has 1 amide bonds. The first-order valence-electron chi connectivity index (χ1n) is 9.80. The van der Waals surface area contributed by atoms with Crippen LogP contribution in [0.25, 0.3) is 16.6 Å². The lowest BCUT2D eigenvalue weighted by molar-refractivity contribution is 0.0925. The molecule has 1 aliphatic heterocycles. The highest BCUT2D eigenvalue weighted by Gasteiger charge is 2.23. The maximum atomic E-state index is 12.8. The largest absolute Gasteiger partial charge is 0.493 e. The van der Waals surface area contributed by atoms with Gasteiger partial charge in [0.2, 0.25) is 0 Å². The Kier molecular flexibility index (Phi) is 4.52. The second kappa shape index (κ2) is 7.48. The molecular formula is C24H19N3O3. The molecule has 0 bridgehead atoms. The standard InChI is InChI=1S/C24H19N3O3/c28-23(26-21-13-14-30-22-8-4-2-5-18(21)22)16-9-11-17(12-10-16)27-15-25-20-7-3-1-6-19(20)24(27)29/h1-12,15,21H,13-14H2,(H,26,28)/t21-/m1/s1. The van der Waals surface area contributed by atoms with Crippen LogP contribution < -0.4 is 15.6 Å². The zero-order chi connectivity index (χ0) is 20.5. The zero-order valence-electron chi connectivity index (χ0n) is 16.1. The van der Waals surface area contributed by atoms with Crippen molar-refractivity contribution < 1.29 is 9.53 Å². The number of hydrogen-bond acceptors (Lipinski definition) is 4. The highest BCUT2D eigenvalue weighted by atomic mass is 16.5. The molecule has 0 saturated heterocycles. The van der Waals surface area contributed by atoms with Gasteiger partial charge >= 0.3 is 0 Å². The van der Waals surface area contributed by atoms with E-state index in [9.17, 15) is 9.59 Å². The van der Waals surface area contributed by atoms with E-state index in [0.717, 1.165) is 17.7 Å². The van der Waals surface area contributed by atoms with Crippen molar-refractivity contribution in [1.29, 1.82) is 0 Å². The molecule has 1 aliphatic rings. The van der Waals surface area contributed by atoms with Gasteiger partial charge in [0.05, 0.1) is 29.2 Å². The molecule has 1 atom stereocenters. The van der Waals surface area contributed by atoms with Gasteiger partial charge in [0.25, 0.3) is 11.5 Å². The number of rotatable bonds is 3. The summed E-state index contributed by atoms with van der Waals surface area (Å²) in [7, 11) is 0. The molecule has 30 heavy (non-hydrogen) atoms.